The van der Waals surface area contributed by atoms with Gasteiger partial charge in [0.15, 0.2) is 0 Å². The fourth-order valence-corrected chi connectivity index (χ4v) is 10.9. The van der Waals surface area contributed by atoms with E-state index in [9.17, 15) is 0 Å². The van der Waals surface area contributed by atoms with Gasteiger partial charge in [0.05, 0.1) is 0 Å². The van der Waals surface area contributed by atoms with Crippen molar-refractivity contribution in [2.45, 2.75) is 17.0 Å². The van der Waals surface area contributed by atoms with Crippen LogP contribution in [0.3, 0.4) is 0 Å². The van der Waals surface area contributed by atoms with Gasteiger partial charge in [-0.1, -0.05) is 17.0 Å². The molecule has 0 aromatic heterocycles. The van der Waals surface area contributed by atoms with Crippen LogP contribution in [0.1, 0.15) is 0 Å². The van der Waals surface area contributed by atoms with Crippen LogP contribution in [-0.4, -0.2) is 17.6 Å². The van der Waals surface area contributed by atoms with E-state index in [0.29, 0.717) is 0 Å². The van der Waals surface area contributed by atoms with Gasteiger partial charge < -0.3 is 0 Å². The van der Waals surface area contributed by atoms with E-state index < -0.39 is 0 Å². The molecule has 3 rings (SSSR count). The van der Waals surface area contributed by atoms with Gasteiger partial charge in [0.2, 0.25) is 0 Å². The molecule has 0 N–H and O–H groups in total. The predicted molar refractivity (Wildman–Crippen MR) is 28.7 cm³/mol. The van der Waals surface area contributed by atoms with Gasteiger partial charge in [-0.3, -0.25) is 0 Å². The summed E-state index contributed by atoms with van der Waals surface area (Å²) in [5, 5.41) is 0. The van der Waals surface area contributed by atoms with Crippen molar-refractivity contribution in [3.05, 3.63) is 0 Å². The summed E-state index contributed by atoms with van der Waals surface area (Å²) in [6.07, 6.45) is 0. The predicted octanol–water partition coefficient (Wildman–Crippen LogP) is 0.0854. The van der Waals surface area contributed by atoms with Crippen LogP contribution in [0.25, 0.3) is 0 Å². The molecule has 0 atom stereocenters. The third kappa shape index (κ3) is 0.170. The second kappa shape index (κ2) is 0.587. The number of hydrogen-bond donors (Lipinski definition) is 0. The standard InChI is InChI=1S/C3H8Si2/c1-4-2-5(1)3-4/h4-5H,1-3H2. The lowest BCUT2D eigenvalue weighted by atomic mass is 11.6. The van der Waals surface area contributed by atoms with Crippen LogP contribution in [0.15, 0.2) is 0 Å². The van der Waals surface area contributed by atoms with Crippen molar-refractivity contribution >= 4 is 17.6 Å². The molecule has 3 heterocycles. The zero-order valence-corrected chi connectivity index (χ0v) is 5.59. The van der Waals surface area contributed by atoms with E-state index in [1.54, 1.807) is 0 Å². The van der Waals surface area contributed by atoms with Gasteiger partial charge in [-0.15, -0.1) is 0 Å². The maximum Gasteiger partial charge on any atom is 0.0281 e. The average Bonchev–Trinajstić information content (AvgIpc) is 0.592. The third-order valence-corrected chi connectivity index (χ3v) is 18.0. The molecule has 5 heavy (non-hydrogen) atoms. The summed E-state index contributed by atoms with van der Waals surface area (Å²) in [5.41, 5.74) is 5.58. The lowest BCUT2D eigenvalue weighted by Gasteiger charge is -2.47. The van der Waals surface area contributed by atoms with Gasteiger partial charge in [0.1, 0.15) is 0 Å². The maximum atomic E-state index is 1.86. The van der Waals surface area contributed by atoms with Gasteiger partial charge in [-0.25, -0.2) is 0 Å². The first-order chi connectivity index (χ1) is 2.45. The molecule has 28 valence electrons. The molecule has 0 amide bonds. The summed E-state index contributed by atoms with van der Waals surface area (Å²) >= 11 is 0. The summed E-state index contributed by atoms with van der Waals surface area (Å²) < 4.78 is 0. The van der Waals surface area contributed by atoms with E-state index >= 15 is 0 Å². The molecule has 0 saturated carbocycles. The SMILES string of the molecule is C1[SiH]2C[SiH]1C2. The van der Waals surface area contributed by atoms with Gasteiger partial charge in [0.25, 0.3) is 0 Å². The minimum absolute atomic E-state index is 0.236. The summed E-state index contributed by atoms with van der Waals surface area (Å²) in [5.74, 6) is 0. The van der Waals surface area contributed by atoms with E-state index in [0.717, 1.165) is 0 Å². The number of rotatable bonds is 0. The van der Waals surface area contributed by atoms with E-state index in [4.69, 9.17) is 0 Å². The topological polar surface area (TPSA) is 0 Å². The van der Waals surface area contributed by atoms with Crippen molar-refractivity contribution < 1.29 is 0 Å². The molecule has 0 nitrogen and oxygen atoms in total. The summed E-state index contributed by atoms with van der Waals surface area (Å²) in [6, 6.07) is 0. The molecule has 2 bridgehead atoms. The Morgan fingerprint density at radius 2 is 1.00 bits per heavy atom. The summed E-state index contributed by atoms with van der Waals surface area (Å²) in [7, 11) is 0.472. The Labute approximate surface area is 35.4 Å². The second-order valence-electron chi connectivity index (χ2n) is 2.44. The Balaban J connectivity index is 2.19. The molecule has 2 heteroatoms. The Bertz CT molecular complexity index is 41.6. The highest BCUT2D eigenvalue weighted by Crippen LogP contribution is 2.39. The molecular weight excluding hydrogens is 92.2 g/mol. The fraction of sp³-hybridized carbons (Fsp3) is 1.00. The second-order valence-corrected chi connectivity index (χ2v) is 11.6. The van der Waals surface area contributed by atoms with E-state index in [1.165, 1.54) is 0 Å². The Kier molecular flexibility index (Phi) is 0.303. The highest BCUT2D eigenvalue weighted by molar-refractivity contribution is 7.11. The van der Waals surface area contributed by atoms with Gasteiger partial charge in [-0.2, -0.15) is 0 Å². The molecule has 3 aliphatic heterocycles. The molecule has 0 spiro atoms. The van der Waals surface area contributed by atoms with Crippen LogP contribution in [0, 0.1) is 0 Å². The fourth-order valence-electron chi connectivity index (χ4n) is 1.21. The van der Waals surface area contributed by atoms with Gasteiger partial charge >= 0.3 is 0 Å². The molecular formula is C3H8Si2. The Morgan fingerprint density at radius 1 is 0.800 bits per heavy atom. The molecule has 3 saturated heterocycles. The quantitative estimate of drug-likeness (QED) is 0.378. The zero-order chi connectivity index (χ0) is 3.28. The molecule has 0 aliphatic carbocycles. The van der Waals surface area contributed by atoms with Crippen LogP contribution < -0.4 is 0 Å². The highest BCUT2D eigenvalue weighted by Gasteiger charge is 2.43. The van der Waals surface area contributed by atoms with Crippen LogP contribution in [0.5, 0.6) is 0 Å². The van der Waals surface area contributed by atoms with Gasteiger partial charge in [0, 0.05) is 17.6 Å². The van der Waals surface area contributed by atoms with Gasteiger partial charge in [-0.05, 0) is 0 Å². The molecule has 0 aromatic rings. The molecule has 3 aliphatic rings. The van der Waals surface area contributed by atoms with Crippen molar-refractivity contribution in [3.8, 4) is 0 Å². The Hall–Kier alpha value is 0.434. The van der Waals surface area contributed by atoms with Crippen molar-refractivity contribution in [1.29, 1.82) is 0 Å². The first-order valence-electron chi connectivity index (χ1n) is 2.45. The largest absolute Gasteiger partial charge is 0.0673 e. The van der Waals surface area contributed by atoms with Crippen molar-refractivity contribution in [2.75, 3.05) is 0 Å². The Morgan fingerprint density at radius 3 is 1.00 bits per heavy atom. The van der Waals surface area contributed by atoms with Crippen molar-refractivity contribution in [1.82, 2.24) is 0 Å². The van der Waals surface area contributed by atoms with E-state index in [1.807, 2.05) is 17.0 Å². The summed E-state index contributed by atoms with van der Waals surface area (Å²) in [4.78, 5) is 0. The molecule has 0 radical (unpaired) electrons. The first kappa shape index (κ1) is 2.58. The van der Waals surface area contributed by atoms with Crippen LogP contribution >= 0.6 is 0 Å². The van der Waals surface area contributed by atoms with Crippen LogP contribution in [0.2, 0.25) is 17.0 Å². The number of hydrogen-bond acceptors (Lipinski definition) is 0. The van der Waals surface area contributed by atoms with Crippen molar-refractivity contribution in [3.63, 3.8) is 0 Å². The van der Waals surface area contributed by atoms with Crippen LogP contribution in [-0.2, 0) is 0 Å². The van der Waals surface area contributed by atoms with Crippen LogP contribution in [0.4, 0.5) is 0 Å². The minimum atomic E-state index is 0.236. The average molecular weight is 100 g/mol. The van der Waals surface area contributed by atoms with E-state index in [-0.39, 0.29) is 17.6 Å². The third-order valence-electron chi connectivity index (χ3n) is 2.00. The molecule has 0 unspecified atom stereocenters. The monoisotopic (exact) mass is 100 g/mol. The van der Waals surface area contributed by atoms with E-state index in [2.05, 4.69) is 0 Å². The molecule has 0 aromatic carbocycles. The lowest BCUT2D eigenvalue weighted by Crippen LogP contribution is -2.55. The normalized spacial score (nSPS) is 57.6. The first-order valence-corrected chi connectivity index (χ1v) is 7.35. The summed E-state index contributed by atoms with van der Waals surface area (Å²) in [6.45, 7) is 0. The smallest absolute Gasteiger partial charge is 0.0281 e. The lowest BCUT2D eigenvalue weighted by molar-refractivity contribution is 1.34. The zero-order valence-electron chi connectivity index (χ0n) is 3.28. The minimum Gasteiger partial charge on any atom is -0.0673 e. The molecule has 3 fully saturated rings. The van der Waals surface area contributed by atoms with Crippen molar-refractivity contribution in [2.24, 2.45) is 0 Å². The highest BCUT2D eigenvalue weighted by atomic mass is 28.5. The maximum absolute atomic E-state index is 1.86.